The first-order valence-corrected chi connectivity index (χ1v) is 10.4. The van der Waals surface area contributed by atoms with E-state index < -0.39 is 0 Å². The molecule has 0 spiro atoms. The second-order valence-electron chi connectivity index (χ2n) is 8.11. The van der Waals surface area contributed by atoms with Crippen LogP contribution in [0.2, 0.25) is 0 Å². The number of rotatable bonds is 8. The number of hydrogen-bond donors (Lipinski definition) is 1. The zero-order valence-electron chi connectivity index (χ0n) is 18.3. The van der Waals surface area contributed by atoms with E-state index in [9.17, 15) is 14.4 Å². The number of nitrogens with one attached hydrogen (secondary N) is 1. The van der Waals surface area contributed by atoms with E-state index in [1.807, 2.05) is 38.1 Å². The molecule has 0 saturated carbocycles. The Morgan fingerprint density at radius 1 is 1.13 bits per heavy atom. The lowest BCUT2D eigenvalue weighted by Crippen LogP contribution is -2.46. The molecule has 0 aromatic heterocycles. The molecule has 164 valence electrons. The Labute approximate surface area is 182 Å². The van der Waals surface area contributed by atoms with Gasteiger partial charge in [0.2, 0.25) is 5.91 Å². The molecular formula is C24H28N2O5. The zero-order chi connectivity index (χ0) is 22.5. The van der Waals surface area contributed by atoms with Gasteiger partial charge in [0.1, 0.15) is 18.0 Å². The van der Waals surface area contributed by atoms with Crippen LogP contribution in [0.1, 0.15) is 49.5 Å². The molecule has 2 aromatic rings. The molecule has 7 nitrogen and oxygen atoms in total. The first kappa shape index (κ1) is 22.3. The standard InChI is InChI=1S/C24H28N2O5/c1-15(2)17-6-5-7-19(10-17)30-13-21(27)18-8-9-22-20(11-18)26(24(29)14-31-22)12-23(28)25-16(3)4/h5-11,15-16H,12-14H2,1-4H3,(H,25,28). The van der Waals surface area contributed by atoms with Crippen molar-refractivity contribution >= 4 is 23.3 Å². The monoisotopic (exact) mass is 424 g/mol. The van der Waals surface area contributed by atoms with Gasteiger partial charge in [0, 0.05) is 11.6 Å². The van der Waals surface area contributed by atoms with Crippen molar-refractivity contribution in [2.45, 2.75) is 39.7 Å². The highest BCUT2D eigenvalue weighted by molar-refractivity contribution is 6.04. The molecule has 0 saturated heterocycles. The maximum absolute atomic E-state index is 12.7. The van der Waals surface area contributed by atoms with E-state index in [2.05, 4.69) is 19.2 Å². The molecule has 1 aliphatic rings. The summed E-state index contributed by atoms with van der Waals surface area (Å²) in [6.45, 7) is 7.46. The average molecular weight is 424 g/mol. The van der Waals surface area contributed by atoms with Gasteiger partial charge in [-0.15, -0.1) is 0 Å². The minimum atomic E-state index is -0.335. The van der Waals surface area contributed by atoms with Crippen LogP contribution < -0.4 is 19.7 Å². The van der Waals surface area contributed by atoms with Crippen molar-refractivity contribution in [1.29, 1.82) is 0 Å². The highest BCUT2D eigenvalue weighted by Gasteiger charge is 2.28. The van der Waals surface area contributed by atoms with Gasteiger partial charge < -0.3 is 14.8 Å². The smallest absolute Gasteiger partial charge is 0.265 e. The van der Waals surface area contributed by atoms with E-state index in [1.165, 1.54) is 4.90 Å². The summed E-state index contributed by atoms with van der Waals surface area (Å²) < 4.78 is 11.2. The molecule has 2 aromatic carbocycles. The lowest BCUT2D eigenvalue weighted by atomic mass is 10.0. The zero-order valence-corrected chi connectivity index (χ0v) is 18.3. The Hall–Kier alpha value is -3.35. The van der Waals surface area contributed by atoms with Gasteiger partial charge in [0.15, 0.2) is 19.0 Å². The molecule has 0 aliphatic carbocycles. The van der Waals surface area contributed by atoms with Gasteiger partial charge in [-0.25, -0.2) is 0 Å². The van der Waals surface area contributed by atoms with E-state index in [4.69, 9.17) is 9.47 Å². The third-order valence-corrected chi connectivity index (χ3v) is 4.87. The van der Waals surface area contributed by atoms with Crippen LogP contribution in [-0.4, -0.2) is 43.4 Å². The Kier molecular flexibility index (Phi) is 6.95. The lowest BCUT2D eigenvalue weighted by Gasteiger charge is -2.29. The summed E-state index contributed by atoms with van der Waals surface area (Å²) >= 11 is 0. The molecule has 1 aliphatic heterocycles. The topological polar surface area (TPSA) is 84.9 Å². The number of benzene rings is 2. The molecule has 0 bridgehead atoms. The van der Waals surface area contributed by atoms with E-state index in [1.54, 1.807) is 18.2 Å². The van der Waals surface area contributed by atoms with Crippen LogP contribution in [0, 0.1) is 0 Å². The van der Waals surface area contributed by atoms with Gasteiger partial charge in [-0.1, -0.05) is 26.0 Å². The Bertz CT molecular complexity index is 984. The third kappa shape index (κ3) is 5.63. The number of amides is 2. The van der Waals surface area contributed by atoms with Gasteiger partial charge in [0.25, 0.3) is 5.91 Å². The molecule has 1 N–H and O–H groups in total. The molecule has 2 amide bonds. The van der Waals surface area contributed by atoms with E-state index in [0.717, 1.165) is 5.56 Å². The van der Waals surface area contributed by atoms with Gasteiger partial charge >= 0.3 is 0 Å². The molecule has 0 fully saturated rings. The van der Waals surface area contributed by atoms with Gasteiger partial charge in [0.05, 0.1) is 5.69 Å². The van der Waals surface area contributed by atoms with E-state index >= 15 is 0 Å². The summed E-state index contributed by atoms with van der Waals surface area (Å²) in [5.74, 6) is 0.597. The summed E-state index contributed by atoms with van der Waals surface area (Å²) in [5.41, 5.74) is 1.92. The SMILES string of the molecule is CC(C)NC(=O)CN1C(=O)COc2ccc(C(=O)COc3cccc(C(C)C)c3)cc21. The maximum atomic E-state index is 12.7. The molecule has 0 atom stereocenters. The van der Waals surface area contributed by atoms with Crippen LogP contribution in [0.4, 0.5) is 5.69 Å². The van der Waals surface area contributed by atoms with Gasteiger partial charge in [-0.3, -0.25) is 19.3 Å². The van der Waals surface area contributed by atoms with Crippen molar-refractivity contribution < 1.29 is 23.9 Å². The van der Waals surface area contributed by atoms with Gasteiger partial charge in [-0.05, 0) is 55.7 Å². The van der Waals surface area contributed by atoms with Crippen LogP contribution in [0.25, 0.3) is 0 Å². The summed E-state index contributed by atoms with van der Waals surface area (Å²) in [7, 11) is 0. The Morgan fingerprint density at radius 2 is 1.90 bits per heavy atom. The predicted molar refractivity (Wildman–Crippen MR) is 118 cm³/mol. The highest BCUT2D eigenvalue weighted by Crippen LogP contribution is 2.33. The summed E-state index contributed by atoms with van der Waals surface area (Å²) in [5, 5.41) is 2.77. The Morgan fingerprint density at radius 3 is 2.61 bits per heavy atom. The van der Waals surface area contributed by atoms with Gasteiger partial charge in [-0.2, -0.15) is 0 Å². The number of Topliss-reactive ketones (excluding diaryl/α,β-unsaturated/α-hetero) is 1. The van der Waals surface area contributed by atoms with Crippen molar-refractivity contribution in [3.63, 3.8) is 0 Å². The predicted octanol–water partition coefficient (Wildman–Crippen LogP) is 3.32. The van der Waals surface area contributed by atoms with Crippen molar-refractivity contribution in [3.05, 3.63) is 53.6 Å². The van der Waals surface area contributed by atoms with Crippen molar-refractivity contribution in [2.24, 2.45) is 0 Å². The molecule has 1 heterocycles. The van der Waals surface area contributed by atoms with Crippen LogP contribution in [0.15, 0.2) is 42.5 Å². The maximum Gasteiger partial charge on any atom is 0.265 e. The molecule has 3 rings (SSSR count). The fraction of sp³-hybridized carbons (Fsp3) is 0.375. The summed E-state index contributed by atoms with van der Waals surface area (Å²) in [4.78, 5) is 38.6. The van der Waals surface area contributed by atoms with Crippen molar-refractivity contribution in [2.75, 3.05) is 24.7 Å². The second-order valence-corrected chi connectivity index (χ2v) is 8.11. The number of ether oxygens (including phenoxy) is 2. The normalized spacial score (nSPS) is 13.1. The molecule has 31 heavy (non-hydrogen) atoms. The number of ketones is 1. The first-order chi connectivity index (χ1) is 14.7. The van der Waals surface area contributed by atoms with Crippen LogP contribution in [0.5, 0.6) is 11.5 Å². The van der Waals surface area contributed by atoms with E-state index in [-0.39, 0.29) is 43.4 Å². The summed E-state index contributed by atoms with van der Waals surface area (Å²) in [6, 6.07) is 12.5. The number of fused-ring (bicyclic) bond motifs is 1. The first-order valence-electron chi connectivity index (χ1n) is 10.4. The third-order valence-electron chi connectivity index (χ3n) is 4.87. The number of anilines is 1. The molecule has 0 unspecified atom stereocenters. The summed E-state index contributed by atoms with van der Waals surface area (Å²) in [6.07, 6.45) is 0. The molecule has 7 heteroatoms. The molecular weight excluding hydrogens is 396 g/mol. The Balaban J connectivity index is 1.74. The van der Waals surface area contributed by atoms with Crippen molar-refractivity contribution in [1.82, 2.24) is 5.32 Å². The number of carbonyl (C=O) groups is 3. The van der Waals surface area contributed by atoms with Crippen LogP contribution in [-0.2, 0) is 9.59 Å². The highest BCUT2D eigenvalue weighted by atomic mass is 16.5. The number of nitrogens with zero attached hydrogens (tertiary/aromatic N) is 1. The lowest BCUT2D eigenvalue weighted by molar-refractivity contribution is -0.125. The molecule has 0 radical (unpaired) electrons. The van der Waals surface area contributed by atoms with E-state index in [0.29, 0.717) is 28.7 Å². The minimum absolute atomic E-state index is 0.0395. The fourth-order valence-corrected chi connectivity index (χ4v) is 3.26. The van der Waals surface area contributed by atoms with Crippen LogP contribution >= 0.6 is 0 Å². The number of hydrogen-bond acceptors (Lipinski definition) is 5. The van der Waals surface area contributed by atoms with Crippen LogP contribution in [0.3, 0.4) is 0 Å². The quantitative estimate of drug-likeness (QED) is 0.657. The second kappa shape index (κ2) is 9.64. The largest absolute Gasteiger partial charge is 0.485 e. The minimum Gasteiger partial charge on any atom is -0.485 e. The van der Waals surface area contributed by atoms with Crippen molar-refractivity contribution in [3.8, 4) is 11.5 Å². The average Bonchev–Trinajstić information content (AvgIpc) is 2.73. The fourth-order valence-electron chi connectivity index (χ4n) is 3.26. The number of carbonyl (C=O) groups excluding carboxylic acids is 3.